The van der Waals surface area contributed by atoms with Gasteiger partial charge in [-0.25, -0.2) is 0 Å². The highest BCUT2D eigenvalue weighted by molar-refractivity contribution is 7.26. The molecule has 2 nitrogen and oxygen atoms in total. The lowest BCUT2D eigenvalue weighted by Crippen LogP contribution is -2.61. The average Bonchev–Trinajstić information content (AvgIpc) is 0.878. The SMILES string of the molecule is CC(C)(C)c1cc(-c2ccc3c(c2)N(c2c(-c4ccccc4)cc(C(C)(C)C)cc2-c2ccccc2)c2cc(-c4cc(C(C)(C)C)cc(C(C)(C)C)c4)cc4c2B3c2cc(-c3cccc(-c5ccccc5)c3)ccc2N4c2c(-c3cccc4sc5ccccc5c34)cc(C(C)(C)C)cc2-c2cccc3sc4ccccc4c23)cc(C(C)(C)C)c1. The van der Waals surface area contributed by atoms with Gasteiger partial charge in [0.05, 0.1) is 11.4 Å². The Hall–Kier alpha value is -11.6. The Morgan fingerprint density at radius 1 is 0.210 bits per heavy atom. The minimum Gasteiger partial charge on any atom is -0.310 e. The highest BCUT2D eigenvalue weighted by Gasteiger charge is 2.47. The lowest BCUT2D eigenvalue weighted by atomic mass is 9.33. The second-order valence-electron chi connectivity index (χ2n) is 39.7. The van der Waals surface area contributed by atoms with Gasteiger partial charge in [0.15, 0.2) is 0 Å². The summed E-state index contributed by atoms with van der Waals surface area (Å²) >= 11 is 3.80. The molecule has 0 radical (unpaired) electrons. The van der Waals surface area contributed by atoms with Crippen LogP contribution in [-0.2, 0) is 32.5 Å². The number of fused-ring (bicyclic) bond motifs is 10. The van der Waals surface area contributed by atoms with Crippen molar-refractivity contribution in [2.75, 3.05) is 9.80 Å². The number of rotatable bonds is 10. The van der Waals surface area contributed by atoms with Crippen molar-refractivity contribution in [3.63, 3.8) is 0 Å². The van der Waals surface area contributed by atoms with Gasteiger partial charge in [-0.3, -0.25) is 0 Å². The summed E-state index contributed by atoms with van der Waals surface area (Å²) in [7, 11) is 0. The fourth-order valence-electron chi connectivity index (χ4n) is 18.5. The van der Waals surface area contributed by atoms with E-state index in [1.54, 1.807) is 0 Å². The second kappa shape index (κ2) is 28.6. The quantitative estimate of drug-likeness (QED) is 0.126. The molecule has 586 valence electrons. The van der Waals surface area contributed by atoms with E-state index in [0.717, 1.165) is 56.4 Å². The maximum absolute atomic E-state index is 2.82. The minimum atomic E-state index is -0.307. The van der Waals surface area contributed by atoms with Crippen LogP contribution in [-0.4, -0.2) is 6.71 Å². The Morgan fingerprint density at radius 2 is 0.538 bits per heavy atom. The van der Waals surface area contributed by atoms with E-state index in [-0.39, 0.29) is 39.2 Å². The van der Waals surface area contributed by atoms with Gasteiger partial charge in [-0.2, -0.15) is 0 Å². The fourth-order valence-corrected chi connectivity index (χ4v) is 20.8. The van der Waals surface area contributed by atoms with Crippen molar-refractivity contribution in [3.05, 3.63) is 343 Å². The van der Waals surface area contributed by atoms with E-state index >= 15 is 0 Å². The maximum atomic E-state index is 2.82. The molecule has 2 aromatic heterocycles. The molecule has 0 atom stereocenters. The molecule has 2 aliphatic rings. The van der Waals surface area contributed by atoms with Gasteiger partial charge in [0, 0.05) is 85.3 Å². The predicted octanol–water partition coefficient (Wildman–Crippen LogP) is 31.6. The molecule has 0 N–H and O–H groups in total. The van der Waals surface area contributed by atoms with Crippen LogP contribution in [0.3, 0.4) is 0 Å². The molecule has 19 rings (SSSR count). The number of hydrogen-bond acceptors (Lipinski definition) is 4. The Morgan fingerprint density at radius 3 is 1.00 bits per heavy atom. The molecule has 0 fully saturated rings. The van der Waals surface area contributed by atoms with Gasteiger partial charge in [-0.15, -0.1) is 22.7 Å². The molecule has 0 saturated heterocycles. The van der Waals surface area contributed by atoms with E-state index in [1.807, 2.05) is 22.7 Å². The van der Waals surface area contributed by atoms with Gasteiger partial charge in [0.1, 0.15) is 0 Å². The molecule has 119 heavy (non-hydrogen) atoms. The molecular formula is C114H105BN2S2. The Bertz CT molecular complexity index is 6650. The first-order valence-electron chi connectivity index (χ1n) is 42.6. The van der Waals surface area contributed by atoms with Crippen molar-refractivity contribution in [3.8, 4) is 89.0 Å². The van der Waals surface area contributed by atoms with Crippen LogP contribution in [0.4, 0.5) is 34.1 Å². The monoisotopic (exact) mass is 1580 g/mol. The molecule has 4 heterocycles. The first kappa shape index (κ1) is 77.3. The maximum Gasteiger partial charge on any atom is 0.252 e. The van der Waals surface area contributed by atoms with E-state index < -0.39 is 0 Å². The summed E-state index contributed by atoms with van der Waals surface area (Å²) in [6.45, 7) is 42.6. The van der Waals surface area contributed by atoms with Crippen LogP contribution >= 0.6 is 22.7 Å². The fraction of sp³-hybridized carbons (Fsp3) is 0.211. The highest BCUT2D eigenvalue weighted by Crippen LogP contribution is 2.58. The average molecular weight is 1580 g/mol. The summed E-state index contributed by atoms with van der Waals surface area (Å²) in [6, 6.07) is 121. The summed E-state index contributed by atoms with van der Waals surface area (Å²) < 4.78 is 5.09. The zero-order valence-electron chi connectivity index (χ0n) is 72.2. The normalized spacial score (nSPS) is 13.2. The predicted molar refractivity (Wildman–Crippen MR) is 522 cm³/mol. The Balaban J connectivity index is 1.05. The van der Waals surface area contributed by atoms with Gasteiger partial charge in [0.2, 0.25) is 0 Å². The van der Waals surface area contributed by atoms with Crippen LogP contribution < -0.4 is 26.2 Å². The molecule has 0 aliphatic carbocycles. The molecule has 2 aliphatic heterocycles. The zero-order chi connectivity index (χ0) is 82.7. The third-order valence-electron chi connectivity index (χ3n) is 25.3. The van der Waals surface area contributed by atoms with Crippen LogP contribution in [0.25, 0.3) is 129 Å². The largest absolute Gasteiger partial charge is 0.310 e. The van der Waals surface area contributed by atoms with Crippen molar-refractivity contribution < 1.29 is 0 Å². The zero-order valence-corrected chi connectivity index (χ0v) is 73.9. The van der Waals surface area contributed by atoms with Crippen molar-refractivity contribution in [2.24, 2.45) is 0 Å². The smallest absolute Gasteiger partial charge is 0.252 e. The van der Waals surface area contributed by atoms with E-state index in [9.17, 15) is 0 Å². The standard InChI is InChI=1S/C114H105BN2S2/c1-109(2,3)80-56-77(57-81(64-80)110(4,5)6)76-51-53-94-97(61-76)117(107-90(71-37-24-20-25-38-71)66-84(113(13,14)15)67-91(107)72-39-26-21-27-40-72)99-63-79(78-58-82(111(7,8)9)65-83(59-78)112(10,11)12)62-98-106(99)115(94)95-60-75(74-42-32-41-73(55-74)70-35-22-19-23-36-70)52-54-96(95)116(98)108-92(86-45-33-49-102-104(86)88-43-28-30-47-100(88)118-102)68-85(114(16,17)18)69-93(108)87-46-34-50-103-105(87)89-44-29-31-48-101(89)119-103/h19-69H,1-18H3. The number of anilines is 6. The number of hydrogen-bond donors (Lipinski definition) is 0. The summed E-state index contributed by atoms with van der Waals surface area (Å²) in [5, 5.41) is 5.09. The molecular weight excluding hydrogens is 1470 g/mol. The molecule has 15 aromatic carbocycles. The first-order chi connectivity index (χ1) is 56.8. The Labute approximate surface area is 713 Å². The lowest BCUT2D eigenvalue weighted by molar-refractivity contribution is 0.568. The Kier molecular flexibility index (Phi) is 18.6. The van der Waals surface area contributed by atoms with Gasteiger partial charge < -0.3 is 9.80 Å². The van der Waals surface area contributed by atoms with E-state index in [0.29, 0.717) is 0 Å². The summed E-state index contributed by atoms with van der Waals surface area (Å²) in [6.07, 6.45) is 0. The van der Waals surface area contributed by atoms with Crippen molar-refractivity contribution in [1.82, 2.24) is 0 Å². The molecule has 0 bridgehead atoms. The first-order valence-corrected chi connectivity index (χ1v) is 44.3. The summed E-state index contributed by atoms with van der Waals surface area (Å²) in [4.78, 5) is 5.61. The van der Waals surface area contributed by atoms with Crippen LogP contribution in [0.15, 0.2) is 309 Å². The minimum absolute atomic E-state index is 0.125. The van der Waals surface area contributed by atoms with Crippen LogP contribution in [0.5, 0.6) is 0 Å². The van der Waals surface area contributed by atoms with Crippen LogP contribution in [0.1, 0.15) is 158 Å². The molecule has 5 heteroatoms. The topological polar surface area (TPSA) is 6.48 Å². The van der Waals surface area contributed by atoms with Crippen molar-refractivity contribution >= 4 is 120 Å². The molecule has 0 saturated carbocycles. The third kappa shape index (κ3) is 13.8. The number of benzene rings is 15. The third-order valence-corrected chi connectivity index (χ3v) is 27.6. The molecule has 0 unspecified atom stereocenters. The van der Waals surface area contributed by atoms with Crippen molar-refractivity contribution in [1.29, 1.82) is 0 Å². The lowest BCUT2D eigenvalue weighted by Gasteiger charge is -2.46. The summed E-state index contributed by atoms with van der Waals surface area (Å²) in [5.41, 5.74) is 36.1. The van der Waals surface area contributed by atoms with Crippen molar-refractivity contribution in [2.45, 2.75) is 157 Å². The van der Waals surface area contributed by atoms with E-state index in [1.165, 1.54) is 157 Å². The van der Waals surface area contributed by atoms with Gasteiger partial charge in [-0.05, 0) is 228 Å². The van der Waals surface area contributed by atoms with Gasteiger partial charge >= 0.3 is 0 Å². The second-order valence-corrected chi connectivity index (χ2v) is 41.9. The summed E-state index contributed by atoms with van der Waals surface area (Å²) in [5.74, 6) is 0. The van der Waals surface area contributed by atoms with Crippen LogP contribution in [0.2, 0.25) is 0 Å². The van der Waals surface area contributed by atoms with E-state index in [2.05, 4.69) is 444 Å². The molecule has 0 spiro atoms. The molecule has 17 aromatic rings. The van der Waals surface area contributed by atoms with Gasteiger partial charge in [0.25, 0.3) is 6.71 Å². The van der Waals surface area contributed by atoms with Gasteiger partial charge in [-0.1, -0.05) is 355 Å². The van der Waals surface area contributed by atoms with E-state index in [4.69, 9.17) is 0 Å². The number of thiophene rings is 2. The highest BCUT2D eigenvalue weighted by atomic mass is 32.1. The number of nitrogens with zero attached hydrogens (tertiary/aromatic N) is 2. The van der Waals surface area contributed by atoms with Crippen LogP contribution in [0, 0.1) is 0 Å². The molecule has 0 amide bonds.